The third-order valence-electron chi connectivity index (χ3n) is 1.28. The minimum Gasteiger partial charge on any atom is -0.395 e. The largest absolute Gasteiger partial charge is 0.395 e. The van der Waals surface area contributed by atoms with E-state index in [1.165, 1.54) is 6.08 Å². The standard InChI is InChI=1S/C8H14N2O/c1-7(2)8(3-4-9)10-5-6-11/h3,7,10-11H,5-6H2,1-2H3. The first-order valence-corrected chi connectivity index (χ1v) is 3.66. The predicted octanol–water partition coefficient (Wildman–Crippen LogP) is 0.632. The summed E-state index contributed by atoms with van der Waals surface area (Å²) in [5, 5.41) is 19.8. The molecular formula is C8H14N2O. The number of nitriles is 1. The van der Waals surface area contributed by atoms with Crippen LogP contribution in [0.3, 0.4) is 0 Å². The van der Waals surface area contributed by atoms with E-state index < -0.39 is 0 Å². The number of aliphatic hydroxyl groups excluding tert-OH is 1. The lowest BCUT2D eigenvalue weighted by Crippen LogP contribution is -2.20. The molecule has 0 bridgehead atoms. The third-order valence-corrected chi connectivity index (χ3v) is 1.28. The molecule has 0 fully saturated rings. The SMILES string of the molecule is CC(C)C(=CC#N)NCCO. The fourth-order valence-corrected chi connectivity index (χ4v) is 0.692. The van der Waals surface area contributed by atoms with Crippen molar-refractivity contribution in [1.82, 2.24) is 5.32 Å². The molecule has 11 heavy (non-hydrogen) atoms. The molecule has 0 unspecified atom stereocenters. The molecule has 3 heteroatoms. The van der Waals surface area contributed by atoms with Crippen LogP contribution in [0.5, 0.6) is 0 Å². The van der Waals surface area contributed by atoms with Crippen molar-refractivity contribution in [2.24, 2.45) is 5.92 Å². The average molecular weight is 154 g/mol. The van der Waals surface area contributed by atoms with Gasteiger partial charge in [0.1, 0.15) is 0 Å². The third kappa shape index (κ3) is 4.40. The Morgan fingerprint density at radius 1 is 1.73 bits per heavy atom. The van der Waals surface area contributed by atoms with Crippen molar-refractivity contribution in [2.45, 2.75) is 13.8 Å². The van der Waals surface area contributed by atoms with Gasteiger partial charge >= 0.3 is 0 Å². The van der Waals surface area contributed by atoms with Crippen LogP contribution < -0.4 is 5.32 Å². The molecule has 0 radical (unpaired) electrons. The van der Waals surface area contributed by atoms with Gasteiger partial charge in [-0.3, -0.25) is 0 Å². The van der Waals surface area contributed by atoms with Gasteiger partial charge in [0.05, 0.1) is 12.7 Å². The highest BCUT2D eigenvalue weighted by Gasteiger charge is 2.00. The van der Waals surface area contributed by atoms with Gasteiger partial charge in [0.25, 0.3) is 0 Å². The van der Waals surface area contributed by atoms with Crippen molar-refractivity contribution in [2.75, 3.05) is 13.2 Å². The lowest BCUT2D eigenvalue weighted by molar-refractivity contribution is 0.295. The summed E-state index contributed by atoms with van der Waals surface area (Å²) in [5.74, 6) is 0.307. The van der Waals surface area contributed by atoms with Crippen LogP contribution in [-0.4, -0.2) is 18.3 Å². The van der Waals surface area contributed by atoms with E-state index in [1.807, 2.05) is 19.9 Å². The van der Waals surface area contributed by atoms with Crippen LogP contribution in [0.2, 0.25) is 0 Å². The van der Waals surface area contributed by atoms with Crippen LogP contribution in [0, 0.1) is 17.2 Å². The van der Waals surface area contributed by atoms with Gasteiger partial charge in [-0.2, -0.15) is 5.26 Å². The number of allylic oxidation sites excluding steroid dienone is 2. The summed E-state index contributed by atoms with van der Waals surface area (Å²) in [6.07, 6.45) is 1.47. The van der Waals surface area contributed by atoms with E-state index in [-0.39, 0.29) is 6.61 Å². The number of nitrogens with zero attached hydrogens (tertiary/aromatic N) is 1. The molecule has 0 aromatic rings. The topological polar surface area (TPSA) is 56.0 Å². The first-order valence-electron chi connectivity index (χ1n) is 3.66. The normalized spacial score (nSPS) is 11.4. The second kappa shape index (κ2) is 5.75. The van der Waals surface area contributed by atoms with Gasteiger partial charge < -0.3 is 10.4 Å². The van der Waals surface area contributed by atoms with Gasteiger partial charge in [0.15, 0.2) is 0 Å². The van der Waals surface area contributed by atoms with E-state index >= 15 is 0 Å². The first-order chi connectivity index (χ1) is 5.22. The molecule has 0 amide bonds. The van der Waals surface area contributed by atoms with Crippen molar-refractivity contribution < 1.29 is 5.11 Å². The summed E-state index contributed by atoms with van der Waals surface area (Å²) < 4.78 is 0. The molecule has 0 aromatic carbocycles. The highest BCUT2D eigenvalue weighted by Crippen LogP contribution is 2.03. The van der Waals surface area contributed by atoms with Gasteiger partial charge in [-0.15, -0.1) is 0 Å². The number of aliphatic hydroxyl groups is 1. The molecule has 0 aromatic heterocycles. The number of nitrogens with one attached hydrogen (secondary N) is 1. The Kier molecular flexibility index (Phi) is 5.22. The van der Waals surface area contributed by atoms with E-state index in [9.17, 15) is 0 Å². The Labute approximate surface area is 67.3 Å². The zero-order valence-electron chi connectivity index (χ0n) is 6.96. The highest BCUT2D eigenvalue weighted by atomic mass is 16.3. The summed E-state index contributed by atoms with van der Waals surface area (Å²) in [4.78, 5) is 0. The second-order valence-corrected chi connectivity index (χ2v) is 2.53. The minimum absolute atomic E-state index is 0.0927. The molecule has 0 heterocycles. The van der Waals surface area contributed by atoms with Crippen LogP contribution in [0.25, 0.3) is 0 Å². The maximum absolute atomic E-state index is 8.49. The molecule has 0 rings (SSSR count). The van der Waals surface area contributed by atoms with Crippen LogP contribution >= 0.6 is 0 Å². The minimum atomic E-state index is 0.0927. The van der Waals surface area contributed by atoms with Crippen molar-refractivity contribution in [3.8, 4) is 6.07 Å². The van der Waals surface area contributed by atoms with E-state index in [4.69, 9.17) is 10.4 Å². The van der Waals surface area contributed by atoms with Crippen LogP contribution in [-0.2, 0) is 0 Å². The lowest BCUT2D eigenvalue weighted by Gasteiger charge is -2.11. The Hall–Kier alpha value is -1.01. The van der Waals surface area contributed by atoms with Crippen LogP contribution in [0.15, 0.2) is 11.8 Å². The fourth-order valence-electron chi connectivity index (χ4n) is 0.692. The molecule has 3 nitrogen and oxygen atoms in total. The van der Waals surface area contributed by atoms with Gasteiger partial charge in [-0.1, -0.05) is 13.8 Å². The molecular weight excluding hydrogens is 140 g/mol. The van der Waals surface area contributed by atoms with Gasteiger partial charge in [0, 0.05) is 18.3 Å². The number of rotatable bonds is 4. The Morgan fingerprint density at radius 3 is 2.73 bits per heavy atom. The number of hydrogen-bond acceptors (Lipinski definition) is 3. The second-order valence-electron chi connectivity index (χ2n) is 2.53. The monoisotopic (exact) mass is 154 g/mol. The molecule has 2 N–H and O–H groups in total. The zero-order chi connectivity index (χ0) is 8.69. The van der Waals surface area contributed by atoms with Crippen molar-refractivity contribution in [3.05, 3.63) is 11.8 Å². The van der Waals surface area contributed by atoms with E-state index in [1.54, 1.807) is 0 Å². The Bertz CT molecular complexity index is 167. The van der Waals surface area contributed by atoms with E-state index in [0.717, 1.165) is 5.70 Å². The molecule has 0 aliphatic heterocycles. The average Bonchev–Trinajstić information content (AvgIpc) is 1.97. The number of hydrogen-bond donors (Lipinski definition) is 2. The maximum atomic E-state index is 8.49. The van der Waals surface area contributed by atoms with Crippen molar-refractivity contribution >= 4 is 0 Å². The summed E-state index contributed by atoms with van der Waals surface area (Å²) in [6.45, 7) is 4.59. The highest BCUT2D eigenvalue weighted by molar-refractivity contribution is 5.13. The summed E-state index contributed by atoms with van der Waals surface area (Å²) in [7, 11) is 0. The molecule has 0 saturated carbocycles. The maximum Gasteiger partial charge on any atom is 0.0930 e. The molecule has 0 spiro atoms. The molecule has 0 aliphatic rings. The predicted molar refractivity (Wildman–Crippen MR) is 43.6 cm³/mol. The Morgan fingerprint density at radius 2 is 2.36 bits per heavy atom. The quantitative estimate of drug-likeness (QED) is 0.584. The lowest BCUT2D eigenvalue weighted by atomic mass is 10.1. The zero-order valence-corrected chi connectivity index (χ0v) is 6.96. The fraction of sp³-hybridized carbons (Fsp3) is 0.625. The molecule has 0 aliphatic carbocycles. The summed E-state index contributed by atoms with van der Waals surface area (Å²) in [5.41, 5.74) is 0.876. The van der Waals surface area contributed by atoms with Crippen LogP contribution in [0.4, 0.5) is 0 Å². The van der Waals surface area contributed by atoms with E-state index in [0.29, 0.717) is 12.5 Å². The van der Waals surface area contributed by atoms with Crippen molar-refractivity contribution in [1.29, 1.82) is 5.26 Å². The summed E-state index contributed by atoms with van der Waals surface area (Å²) in [6, 6.07) is 1.95. The summed E-state index contributed by atoms with van der Waals surface area (Å²) >= 11 is 0. The Balaban J connectivity index is 3.93. The van der Waals surface area contributed by atoms with Crippen LogP contribution in [0.1, 0.15) is 13.8 Å². The molecule has 0 saturated heterocycles. The molecule has 0 atom stereocenters. The van der Waals surface area contributed by atoms with Crippen molar-refractivity contribution in [3.63, 3.8) is 0 Å². The van der Waals surface area contributed by atoms with Gasteiger partial charge in [0.2, 0.25) is 0 Å². The van der Waals surface area contributed by atoms with E-state index in [2.05, 4.69) is 5.32 Å². The molecule has 62 valence electrons. The van der Waals surface area contributed by atoms with Gasteiger partial charge in [-0.05, 0) is 5.92 Å². The van der Waals surface area contributed by atoms with Gasteiger partial charge in [-0.25, -0.2) is 0 Å². The smallest absolute Gasteiger partial charge is 0.0930 e. The first kappa shape index (κ1) is 9.99.